The first-order valence-electron chi connectivity index (χ1n) is 18.6. The van der Waals surface area contributed by atoms with E-state index in [1.54, 1.807) is 34.4 Å². The highest BCUT2D eigenvalue weighted by atomic mass is 32.1. The molecule has 0 spiro atoms. The summed E-state index contributed by atoms with van der Waals surface area (Å²) in [6, 6.07) is 15.1. The lowest BCUT2D eigenvalue weighted by Gasteiger charge is -2.45. The molecule has 54 heavy (non-hydrogen) atoms. The van der Waals surface area contributed by atoms with E-state index in [0.717, 1.165) is 27.4 Å². The molecule has 6 rings (SSSR count). The maximum atomic E-state index is 14.5. The molecule has 4 heterocycles. The number of benzene rings is 2. The number of amides is 2. The Labute approximate surface area is 321 Å². The molecule has 2 aliphatic heterocycles. The Bertz CT molecular complexity index is 1940. The Balaban J connectivity index is 1.11. The van der Waals surface area contributed by atoms with Crippen LogP contribution in [0.1, 0.15) is 58.3 Å². The van der Waals surface area contributed by atoms with Gasteiger partial charge in [0.15, 0.2) is 5.82 Å². The van der Waals surface area contributed by atoms with Gasteiger partial charge in [-0.2, -0.15) is 0 Å². The molecule has 2 amide bonds. The van der Waals surface area contributed by atoms with Crippen LogP contribution in [0.3, 0.4) is 0 Å². The van der Waals surface area contributed by atoms with Crippen LogP contribution < -0.4 is 21.7 Å². The number of likely N-dealkylation sites (tertiary alicyclic amines) is 1. The number of β-amino-alcohol motifs (C(OH)–C–C–N with tert-alkyl or cyclic N) is 1. The van der Waals surface area contributed by atoms with Crippen molar-refractivity contribution in [1.29, 1.82) is 0 Å². The van der Waals surface area contributed by atoms with Crippen LogP contribution in [0.25, 0.3) is 21.7 Å². The second-order valence-electron chi connectivity index (χ2n) is 15.7. The van der Waals surface area contributed by atoms with Crippen LogP contribution in [0.5, 0.6) is 5.75 Å². The third kappa shape index (κ3) is 8.21. The third-order valence-electron chi connectivity index (χ3n) is 11.0. The number of aryl methyl sites for hydroxylation is 1. The molecule has 2 saturated heterocycles. The lowest BCUT2D eigenvalue weighted by Crippen LogP contribution is -2.61. The number of nitrogens with zero attached hydrogens (tertiary/aromatic N) is 6. The van der Waals surface area contributed by atoms with Gasteiger partial charge in [0.25, 0.3) is 0 Å². The number of aromatic nitrogens is 3. The van der Waals surface area contributed by atoms with E-state index >= 15 is 0 Å². The summed E-state index contributed by atoms with van der Waals surface area (Å²) in [6.45, 7) is 14.7. The number of phenolic OH excluding ortho intramolecular Hbond substituents is 1. The molecule has 2 unspecified atom stereocenters. The van der Waals surface area contributed by atoms with E-state index in [2.05, 4.69) is 37.2 Å². The van der Waals surface area contributed by atoms with Crippen molar-refractivity contribution in [2.24, 2.45) is 17.1 Å². The molecule has 6 atom stereocenters. The van der Waals surface area contributed by atoms with Crippen LogP contribution in [0.2, 0.25) is 0 Å². The zero-order valence-electron chi connectivity index (χ0n) is 31.9. The van der Waals surface area contributed by atoms with Gasteiger partial charge in [0.05, 0.1) is 45.5 Å². The van der Waals surface area contributed by atoms with E-state index < -0.39 is 29.5 Å². The summed E-state index contributed by atoms with van der Waals surface area (Å²) in [5.74, 6) is -0.705. The predicted molar refractivity (Wildman–Crippen MR) is 213 cm³/mol. The van der Waals surface area contributed by atoms with Crippen molar-refractivity contribution in [1.82, 2.24) is 30.3 Å². The van der Waals surface area contributed by atoms with Gasteiger partial charge < -0.3 is 36.8 Å². The smallest absolute Gasteiger partial charge is 0.243 e. The number of piperazine rings is 1. The highest BCUT2D eigenvalue weighted by molar-refractivity contribution is 7.13. The SMILES string of the molecule is Cc1ncsc1-c1ccc([C@H](C)NC(=O)[C@@H]2C[C@@H](O)CN2C(=O)[C@H](C(N)C(C)N2CCN(c3cc(-c4ccccc4O)nnc3N)CC2)C(C)(C)C)cc1. The predicted octanol–water partition coefficient (Wildman–Crippen LogP) is 4.20. The summed E-state index contributed by atoms with van der Waals surface area (Å²) in [7, 11) is 0. The number of anilines is 2. The van der Waals surface area contributed by atoms with Crippen molar-refractivity contribution in [3.8, 4) is 27.4 Å². The van der Waals surface area contributed by atoms with Crippen LogP contribution in [0.4, 0.5) is 11.5 Å². The summed E-state index contributed by atoms with van der Waals surface area (Å²) in [4.78, 5) is 39.8. The van der Waals surface area contributed by atoms with Gasteiger partial charge in [0.2, 0.25) is 11.8 Å². The molecule has 288 valence electrons. The maximum Gasteiger partial charge on any atom is 0.243 e. The molecule has 2 aliphatic rings. The Morgan fingerprint density at radius 2 is 1.70 bits per heavy atom. The van der Waals surface area contributed by atoms with Crippen molar-refractivity contribution in [2.45, 2.75) is 78.2 Å². The molecule has 2 fully saturated rings. The van der Waals surface area contributed by atoms with Gasteiger partial charge in [-0.15, -0.1) is 21.5 Å². The fourth-order valence-corrected chi connectivity index (χ4v) is 8.66. The van der Waals surface area contributed by atoms with Crippen LogP contribution >= 0.6 is 11.3 Å². The molecule has 4 aromatic rings. The highest BCUT2D eigenvalue weighted by Crippen LogP contribution is 2.36. The number of carbonyl (C=O) groups excluding carboxylic acids is 2. The van der Waals surface area contributed by atoms with Gasteiger partial charge in [-0.25, -0.2) is 4.98 Å². The minimum absolute atomic E-state index is 0.0741. The van der Waals surface area contributed by atoms with Crippen molar-refractivity contribution in [3.05, 3.63) is 71.4 Å². The van der Waals surface area contributed by atoms with Crippen molar-refractivity contribution >= 4 is 34.7 Å². The number of nitrogens with two attached hydrogens (primary N) is 2. The fraction of sp³-hybridized carbons (Fsp3) is 0.475. The monoisotopic (exact) mass is 755 g/mol. The molecule has 14 heteroatoms. The second-order valence-corrected chi connectivity index (χ2v) is 16.6. The third-order valence-corrected chi connectivity index (χ3v) is 12.0. The van der Waals surface area contributed by atoms with Crippen LogP contribution in [-0.4, -0.2) is 104 Å². The number of hydrogen-bond donors (Lipinski definition) is 5. The number of nitrogen functional groups attached to an aromatic ring is 1. The number of nitrogens with one attached hydrogen (secondary N) is 1. The molecule has 2 aromatic carbocycles. The minimum Gasteiger partial charge on any atom is -0.507 e. The number of para-hydroxylation sites is 1. The number of thiazole rings is 1. The van der Waals surface area contributed by atoms with E-state index in [4.69, 9.17) is 11.5 Å². The first kappa shape index (κ1) is 39.1. The van der Waals surface area contributed by atoms with Gasteiger partial charge in [0, 0.05) is 56.8 Å². The van der Waals surface area contributed by atoms with Gasteiger partial charge in [0.1, 0.15) is 11.8 Å². The molecular formula is C40H53N9O4S. The Kier molecular flexibility index (Phi) is 11.6. The van der Waals surface area contributed by atoms with E-state index in [1.807, 2.05) is 76.5 Å². The number of aliphatic hydroxyl groups excluding tert-OH is 1. The van der Waals surface area contributed by atoms with E-state index in [0.29, 0.717) is 43.3 Å². The number of carbonyl (C=O) groups is 2. The zero-order valence-corrected chi connectivity index (χ0v) is 32.8. The van der Waals surface area contributed by atoms with Crippen LogP contribution in [-0.2, 0) is 9.59 Å². The topological polar surface area (TPSA) is 187 Å². The molecule has 0 bridgehead atoms. The Morgan fingerprint density at radius 3 is 2.33 bits per heavy atom. The lowest BCUT2D eigenvalue weighted by molar-refractivity contribution is -0.146. The molecule has 0 saturated carbocycles. The van der Waals surface area contributed by atoms with E-state index in [1.165, 1.54) is 0 Å². The Morgan fingerprint density at radius 1 is 1.02 bits per heavy atom. The first-order valence-corrected chi connectivity index (χ1v) is 19.5. The van der Waals surface area contributed by atoms with Crippen molar-refractivity contribution in [3.63, 3.8) is 0 Å². The van der Waals surface area contributed by atoms with Crippen molar-refractivity contribution in [2.75, 3.05) is 43.4 Å². The number of phenols is 1. The molecular weight excluding hydrogens is 703 g/mol. The molecule has 0 aliphatic carbocycles. The van der Waals surface area contributed by atoms with Gasteiger partial charge in [-0.05, 0) is 55.5 Å². The highest BCUT2D eigenvalue weighted by Gasteiger charge is 2.47. The zero-order chi connectivity index (χ0) is 38.9. The second kappa shape index (κ2) is 16.0. The average molecular weight is 756 g/mol. The minimum atomic E-state index is -0.814. The summed E-state index contributed by atoms with van der Waals surface area (Å²) in [6.07, 6.45) is -0.651. The van der Waals surface area contributed by atoms with E-state index in [-0.39, 0.29) is 42.6 Å². The number of rotatable bonds is 10. The van der Waals surface area contributed by atoms with Gasteiger partial charge >= 0.3 is 0 Å². The molecule has 13 nitrogen and oxygen atoms in total. The summed E-state index contributed by atoms with van der Waals surface area (Å²) < 4.78 is 0. The normalized spacial score (nSPS) is 20.4. The molecule has 2 aromatic heterocycles. The number of hydrogen-bond acceptors (Lipinski definition) is 12. The Hall–Kier alpha value is -4.63. The first-order chi connectivity index (χ1) is 25.6. The average Bonchev–Trinajstić information content (AvgIpc) is 3.76. The summed E-state index contributed by atoms with van der Waals surface area (Å²) >= 11 is 1.59. The lowest BCUT2D eigenvalue weighted by atomic mass is 9.73. The molecule has 0 radical (unpaired) electrons. The van der Waals surface area contributed by atoms with Crippen molar-refractivity contribution < 1.29 is 19.8 Å². The molecule has 7 N–H and O–H groups in total. The van der Waals surface area contributed by atoms with Crippen LogP contribution in [0.15, 0.2) is 60.1 Å². The van der Waals surface area contributed by atoms with Crippen LogP contribution in [0, 0.1) is 18.3 Å². The number of aromatic hydroxyl groups is 1. The van der Waals surface area contributed by atoms with Gasteiger partial charge in [-0.1, -0.05) is 57.2 Å². The maximum absolute atomic E-state index is 14.5. The summed E-state index contributed by atoms with van der Waals surface area (Å²) in [5, 5.41) is 32.7. The quantitative estimate of drug-likeness (QED) is 0.156. The largest absolute Gasteiger partial charge is 0.507 e. The standard InChI is InChI=1S/C40H53N9O4S/c1-23(26-11-13-27(14-12-26)36-24(2)43-22-54-36)44-38(52)32-19-28(50)21-49(32)39(53)34(40(4,5)6)35(41)25(3)47-15-17-48(18-16-47)31-20-30(45-46-37(31)42)29-9-7-8-10-33(29)51/h7-14,20,22-23,25,28,32,34-35,50-51H,15-19,21,41H2,1-6H3,(H2,42,46)(H,44,52)/t23-,25?,28+,32-,34-,35?/m0/s1. The van der Waals surface area contributed by atoms with E-state index in [9.17, 15) is 19.8 Å². The number of aliphatic hydroxyl groups is 1. The van der Waals surface area contributed by atoms with Gasteiger partial charge in [-0.3, -0.25) is 14.5 Å². The fourth-order valence-electron chi connectivity index (χ4n) is 7.85. The summed E-state index contributed by atoms with van der Waals surface area (Å²) in [5.41, 5.74) is 19.5.